The minimum atomic E-state index is 0.850. The molecule has 0 atom stereocenters. The second kappa shape index (κ2) is 4.69. The number of hydrogen-bond donors (Lipinski definition) is 0. The Kier molecular flexibility index (Phi) is 3.84. The van der Waals surface area contributed by atoms with E-state index in [9.17, 15) is 0 Å². The highest BCUT2D eigenvalue weighted by atomic mass is 79.9. The van der Waals surface area contributed by atoms with Crippen LogP contribution in [0.4, 0.5) is 0 Å². The molecule has 0 aliphatic heterocycles. The number of hydrogen-bond acceptors (Lipinski definition) is 0. The van der Waals surface area contributed by atoms with Crippen molar-refractivity contribution in [1.29, 1.82) is 0 Å². The fourth-order valence-electron chi connectivity index (χ4n) is 1.00. The highest BCUT2D eigenvalue weighted by Crippen LogP contribution is 2.14. The summed E-state index contributed by atoms with van der Waals surface area (Å²) in [5.41, 5.74) is 3.39. The molecule has 0 aliphatic carbocycles. The molecule has 0 spiro atoms. The largest absolute Gasteiger partial charge is 0.115 e. The van der Waals surface area contributed by atoms with Gasteiger partial charge in [-0.1, -0.05) is 43.8 Å². The Morgan fingerprint density at radius 1 is 1.08 bits per heavy atom. The van der Waals surface area contributed by atoms with Crippen LogP contribution in [0.25, 0.3) is 0 Å². The summed E-state index contributed by atoms with van der Waals surface area (Å²) < 4.78 is 0. The number of rotatable bonds is 2. The average molecular weight is 288 g/mol. The summed E-state index contributed by atoms with van der Waals surface area (Å²) in [6.07, 6.45) is 5.32. The van der Waals surface area contributed by atoms with Crippen molar-refractivity contribution >= 4 is 31.9 Å². The molecule has 12 heavy (non-hydrogen) atoms. The van der Waals surface area contributed by atoms with Crippen LogP contribution in [0.15, 0.2) is 18.2 Å². The third-order valence-corrected chi connectivity index (χ3v) is 2.82. The third-order valence-electron chi connectivity index (χ3n) is 1.53. The SMILES string of the molecule is C#Cc1cc(CBr)cc(CBr)c1. The molecule has 0 aromatic heterocycles. The van der Waals surface area contributed by atoms with Crippen LogP contribution in [0, 0.1) is 12.3 Å². The zero-order chi connectivity index (χ0) is 8.97. The monoisotopic (exact) mass is 286 g/mol. The van der Waals surface area contributed by atoms with Gasteiger partial charge in [-0.25, -0.2) is 0 Å². The van der Waals surface area contributed by atoms with Crippen LogP contribution < -0.4 is 0 Å². The van der Waals surface area contributed by atoms with Crippen LogP contribution in [-0.4, -0.2) is 0 Å². The van der Waals surface area contributed by atoms with Crippen LogP contribution in [0.5, 0.6) is 0 Å². The summed E-state index contributed by atoms with van der Waals surface area (Å²) in [6, 6.07) is 6.16. The maximum Gasteiger partial charge on any atom is 0.0283 e. The fraction of sp³-hybridized carbons (Fsp3) is 0.200. The topological polar surface area (TPSA) is 0 Å². The van der Waals surface area contributed by atoms with Crippen LogP contribution in [0.1, 0.15) is 16.7 Å². The van der Waals surface area contributed by atoms with E-state index >= 15 is 0 Å². The van der Waals surface area contributed by atoms with Gasteiger partial charge < -0.3 is 0 Å². The molecule has 1 aromatic carbocycles. The number of alkyl halides is 2. The van der Waals surface area contributed by atoms with Crippen molar-refractivity contribution in [1.82, 2.24) is 0 Å². The van der Waals surface area contributed by atoms with Crippen molar-refractivity contribution in [2.24, 2.45) is 0 Å². The Balaban J connectivity index is 3.12. The molecule has 1 aromatic rings. The van der Waals surface area contributed by atoms with E-state index in [0.717, 1.165) is 16.2 Å². The number of benzene rings is 1. The Bertz CT molecular complexity index is 288. The number of halogens is 2. The lowest BCUT2D eigenvalue weighted by molar-refractivity contribution is 1.34. The van der Waals surface area contributed by atoms with Crippen LogP contribution >= 0.6 is 31.9 Å². The minimum Gasteiger partial charge on any atom is -0.115 e. The van der Waals surface area contributed by atoms with Crippen LogP contribution in [0.3, 0.4) is 0 Å². The molecule has 0 nitrogen and oxygen atoms in total. The van der Waals surface area contributed by atoms with E-state index < -0.39 is 0 Å². The van der Waals surface area contributed by atoms with E-state index in [4.69, 9.17) is 6.42 Å². The normalized spacial score (nSPS) is 9.42. The summed E-state index contributed by atoms with van der Waals surface area (Å²) in [6.45, 7) is 0. The molecule has 0 radical (unpaired) electrons. The molecule has 62 valence electrons. The molecule has 1 rings (SSSR count). The minimum absolute atomic E-state index is 0.850. The van der Waals surface area contributed by atoms with Gasteiger partial charge in [0, 0.05) is 16.2 Å². The van der Waals surface area contributed by atoms with Crippen LogP contribution in [0.2, 0.25) is 0 Å². The lowest BCUT2D eigenvalue weighted by Gasteiger charge is -2.01. The molecule has 0 bridgehead atoms. The van der Waals surface area contributed by atoms with E-state index in [1.165, 1.54) is 11.1 Å². The van der Waals surface area contributed by atoms with E-state index in [1.807, 2.05) is 12.1 Å². The van der Waals surface area contributed by atoms with Gasteiger partial charge in [-0.3, -0.25) is 0 Å². The maximum atomic E-state index is 5.32. The summed E-state index contributed by atoms with van der Waals surface area (Å²) in [5.74, 6) is 2.63. The lowest BCUT2D eigenvalue weighted by Crippen LogP contribution is -1.85. The van der Waals surface area contributed by atoms with E-state index in [1.54, 1.807) is 0 Å². The first kappa shape index (κ1) is 9.83. The molecule has 0 saturated carbocycles. The Morgan fingerprint density at radius 3 is 1.92 bits per heavy atom. The zero-order valence-electron chi connectivity index (χ0n) is 6.48. The van der Waals surface area contributed by atoms with Crippen molar-refractivity contribution in [3.05, 3.63) is 34.9 Å². The second-order valence-electron chi connectivity index (χ2n) is 2.45. The van der Waals surface area contributed by atoms with Crippen molar-refractivity contribution in [3.63, 3.8) is 0 Å². The highest BCUT2D eigenvalue weighted by molar-refractivity contribution is 9.08. The molecular formula is C10H8Br2. The maximum absolute atomic E-state index is 5.32. The van der Waals surface area contributed by atoms with Gasteiger partial charge in [-0.15, -0.1) is 6.42 Å². The molecule has 0 fully saturated rings. The first-order valence-corrected chi connectivity index (χ1v) is 5.76. The van der Waals surface area contributed by atoms with E-state index in [0.29, 0.717) is 0 Å². The smallest absolute Gasteiger partial charge is 0.0283 e. The average Bonchev–Trinajstić information content (AvgIpc) is 2.16. The summed E-state index contributed by atoms with van der Waals surface area (Å²) in [5, 5.41) is 1.70. The molecule has 0 saturated heterocycles. The van der Waals surface area contributed by atoms with Gasteiger partial charge >= 0.3 is 0 Å². The van der Waals surface area contributed by atoms with E-state index in [2.05, 4.69) is 43.8 Å². The van der Waals surface area contributed by atoms with Gasteiger partial charge in [-0.05, 0) is 23.3 Å². The van der Waals surface area contributed by atoms with Gasteiger partial charge in [0.25, 0.3) is 0 Å². The van der Waals surface area contributed by atoms with Gasteiger partial charge in [-0.2, -0.15) is 0 Å². The molecule has 0 N–H and O–H groups in total. The predicted octanol–water partition coefficient (Wildman–Crippen LogP) is 3.46. The molecule has 0 aliphatic rings. The Hall–Kier alpha value is -0.260. The van der Waals surface area contributed by atoms with Gasteiger partial charge in [0.15, 0.2) is 0 Å². The first-order chi connectivity index (χ1) is 5.80. The van der Waals surface area contributed by atoms with E-state index in [-0.39, 0.29) is 0 Å². The highest BCUT2D eigenvalue weighted by Gasteiger charge is 1.97. The summed E-state index contributed by atoms with van der Waals surface area (Å²) in [7, 11) is 0. The fourth-order valence-corrected chi connectivity index (χ4v) is 1.65. The predicted molar refractivity (Wildman–Crippen MR) is 59.6 cm³/mol. The van der Waals surface area contributed by atoms with Crippen molar-refractivity contribution in [3.8, 4) is 12.3 Å². The summed E-state index contributed by atoms with van der Waals surface area (Å²) in [4.78, 5) is 0. The van der Waals surface area contributed by atoms with Gasteiger partial charge in [0.2, 0.25) is 0 Å². The number of terminal acetylenes is 1. The standard InChI is InChI=1S/C10H8Br2/c1-2-8-3-9(6-11)5-10(4-8)7-12/h1,3-5H,6-7H2. The van der Waals surface area contributed by atoms with Crippen molar-refractivity contribution < 1.29 is 0 Å². The molecular weight excluding hydrogens is 280 g/mol. The summed E-state index contributed by atoms with van der Waals surface area (Å²) >= 11 is 6.80. The lowest BCUT2D eigenvalue weighted by atomic mass is 10.1. The quantitative estimate of drug-likeness (QED) is 0.577. The molecule has 2 heteroatoms. The van der Waals surface area contributed by atoms with Crippen LogP contribution in [-0.2, 0) is 10.7 Å². The molecule has 0 amide bonds. The zero-order valence-corrected chi connectivity index (χ0v) is 9.65. The Morgan fingerprint density at radius 2 is 1.58 bits per heavy atom. The molecule has 0 unspecified atom stereocenters. The first-order valence-electron chi connectivity index (χ1n) is 3.51. The van der Waals surface area contributed by atoms with Gasteiger partial charge in [0.05, 0.1) is 0 Å². The Labute approximate surface area is 89.6 Å². The van der Waals surface area contributed by atoms with Gasteiger partial charge in [0.1, 0.15) is 0 Å². The third kappa shape index (κ3) is 2.36. The second-order valence-corrected chi connectivity index (χ2v) is 3.57. The molecule has 0 heterocycles. The van der Waals surface area contributed by atoms with Crippen molar-refractivity contribution in [2.75, 3.05) is 0 Å². The van der Waals surface area contributed by atoms with Crippen molar-refractivity contribution in [2.45, 2.75) is 10.7 Å².